The Bertz CT molecular complexity index is 288. The quantitative estimate of drug-likeness (QED) is 0.810. The number of nitrogens with zero attached hydrogens (tertiary/aromatic N) is 2. The van der Waals surface area contributed by atoms with Gasteiger partial charge in [0.1, 0.15) is 0 Å². The topological polar surface area (TPSA) is 38.0 Å². The fraction of sp³-hybridized carbons (Fsp3) is 0.727. The van der Waals surface area contributed by atoms with Gasteiger partial charge in [0.25, 0.3) is 0 Å². The van der Waals surface area contributed by atoms with Crippen molar-refractivity contribution in [1.82, 2.24) is 9.78 Å². The van der Waals surface area contributed by atoms with Gasteiger partial charge in [0.2, 0.25) is 0 Å². The van der Waals surface area contributed by atoms with Gasteiger partial charge in [-0.15, -0.1) is 0 Å². The lowest BCUT2D eigenvalue weighted by Crippen LogP contribution is -2.14. The van der Waals surface area contributed by atoms with E-state index in [2.05, 4.69) is 18.9 Å². The molecule has 0 aliphatic heterocycles. The summed E-state index contributed by atoms with van der Waals surface area (Å²) in [6.07, 6.45) is 5.45. The van der Waals surface area contributed by atoms with Gasteiger partial charge in [-0.25, -0.2) is 0 Å². The van der Waals surface area contributed by atoms with Crippen LogP contribution in [0.2, 0.25) is 0 Å². The highest BCUT2D eigenvalue weighted by molar-refractivity contribution is 7.98. The molecule has 0 aliphatic carbocycles. The third-order valence-electron chi connectivity index (χ3n) is 2.51. The Morgan fingerprint density at radius 2 is 2.33 bits per heavy atom. The summed E-state index contributed by atoms with van der Waals surface area (Å²) in [6, 6.07) is 2.44. The third-order valence-corrected chi connectivity index (χ3v) is 3.23. The minimum absolute atomic E-state index is 0.278. The van der Waals surface area contributed by atoms with E-state index in [0.717, 1.165) is 17.9 Å². The van der Waals surface area contributed by atoms with Crippen LogP contribution in [-0.4, -0.2) is 33.0 Å². The van der Waals surface area contributed by atoms with Gasteiger partial charge < -0.3 is 5.11 Å². The lowest BCUT2D eigenvalue weighted by Gasteiger charge is -2.09. The molecule has 0 saturated carbocycles. The molecule has 0 bridgehead atoms. The first kappa shape index (κ1) is 12.6. The summed E-state index contributed by atoms with van der Waals surface area (Å²) in [6.45, 7) is 4.30. The molecule has 0 radical (unpaired) electrons. The maximum Gasteiger partial charge on any atom is 0.0686 e. The molecular weight excluding hydrogens is 208 g/mol. The molecule has 1 rings (SSSR count). The highest BCUT2D eigenvalue weighted by atomic mass is 32.2. The maximum absolute atomic E-state index is 9.64. The van der Waals surface area contributed by atoms with Gasteiger partial charge in [-0.05, 0) is 25.7 Å². The lowest BCUT2D eigenvalue weighted by molar-refractivity contribution is 0.198. The Kier molecular flexibility index (Phi) is 5.19. The summed E-state index contributed by atoms with van der Waals surface area (Å²) in [5.74, 6) is 0.774. The van der Waals surface area contributed by atoms with Crippen molar-refractivity contribution in [2.45, 2.75) is 38.8 Å². The van der Waals surface area contributed by atoms with Crippen LogP contribution in [0.1, 0.15) is 32.0 Å². The predicted molar refractivity (Wildman–Crippen MR) is 65.3 cm³/mol. The normalized spacial score (nSPS) is 15.2. The second kappa shape index (κ2) is 6.18. The largest absolute Gasteiger partial charge is 0.392 e. The molecule has 0 aliphatic rings. The average molecular weight is 228 g/mol. The summed E-state index contributed by atoms with van der Waals surface area (Å²) < 4.78 is 1.97. The number of aliphatic hydroxyl groups excluding tert-OH is 1. The van der Waals surface area contributed by atoms with Gasteiger partial charge in [-0.3, -0.25) is 4.68 Å². The predicted octanol–water partition coefficient (Wildman–Crippen LogP) is 2.12. The zero-order valence-corrected chi connectivity index (χ0v) is 10.5. The van der Waals surface area contributed by atoms with Crippen LogP contribution in [0.25, 0.3) is 0 Å². The summed E-state index contributed by atoms with van der Waals surface area (Å²) in [5, 5.41) is 14.1. The zero-order chi connectivity index (χ0) is 11.3. The van der Waals surface area contributed by atoms with Gasteiger partial charge in [0.15, 0.2) is 0 Å². The second-order valence-electron chi connectivity index (χ2n) is 3.86. The summed E-state index contributed by atoms with van der Waals surface area (Å²) >= 11 is 1.66. The van der Waals surface area contributed by atoms with E-state index < -0.39 is 0 Å². The number of hydrogen-bond acceptors (Lipinski definition) is 3. The van der Waals surface area contributed by atoms with E-state index in [-0.39, 0.29) is 6.10 Å². The van der Waals surface area contributed by atoms with E-state index >= 15 is 0 Å². The molecule has 0 fully saturated rings. The standard InChI is InChI=1S/C11H20N2OS/c1-4-9(2)13-6-5-10(12-13)7-11(14)8-15-3/h5-6,9,11,14H,4,7-8H2,1-3H3. The number of rotatable bonds is 6. The van der Waals surface area contributed by atoms with Crippen LogP contribution in [0.3, 0.4) is 0 Å². The van der Waals surface area contributed by atoms with Crippen molar-refractivity contribution in [3.63, 3.8) is 0 Å². The molecule has 4 heteroatoms. The zero-order valence-electron chi connectivity index (χ0n) is 9.68. The first-order valence-electron chi connectivity index (χ1n) is 5.38. The van der Waals surface area contributed by atoms with E-state index in [0.29, 0.717) is 12.5 Å². The third kappa shape index (κ3) is 3.87. The number of aromatic nitrogens is 2. The number of hydrogen-bond donors (Lipinski definition) is 1. The molecule has 0 spiro atoms. The number of aliphatic hydroxyl groups is 1. The lowest BCUT2D eigenvalue weighted by atomic mass is 10.2. The van der Waals surface area contributed by atoms with Crippen molar-refractivity contribution in [2.75, 3.05) is 12.0 Å². The molecule has 3 nitrogen and oxygen atoms in total. The van der Waals surface area contributed by atoms with Crippen LogP contribution in [0, 0.1) is 0 Å². The molecule has 1 aromatic heterocycles. The summed E-state index contributed by atoms with van der Waals surface area (Å²) in [7, 11) is 0. The molecule has 2 atom stereocenters. The summed E-state index contributed by atoms with van der Waals surface area (Å²) in [4.78, 5) is 0. The van der Waals surface area contributed by atoms with Gasteiger partial charge in [0, 0.05) is 24.4 Å². The van der Waals surface area contributed by atoms with E-state index in [1.165, 1.54) is 0 Å². The Labute approximate surface area is 95.9 Å². The Morgan fingerprint density at radius 3 is 2.93 bits per heavy atom. The average Bonchev–Trinajstić information content (AvgIpc) is 2.65. The van der Waals surface area contributed by atoms with Crippen LogP contribution in [-0.2, 0) is 6.42 Å². The van der Waals surface area contributed by atoms with E-state index in [9.17, 15) is 5.11 Å². The van der Waals surface area contributed by atoms with Crippen molar-refractivity contribution < 1.29 is 5.11 Å². The van der Waals surface area contributed by atoms with Crippen LogP contribution in [0.4, 0.5) is 0 Å². The fourth-order valence-electron chi connectivity index (χ4n) is 1.41. The maximum atomic E-state index is 9.64. The molecule has 1 N–H and O–H groups in total. The fourth-order valence-corrected chi connectivity index (χ4v) is 1.91. The van der Waals surface area contributed by atoms with Gasteiger partial charge in [-0.1, -0.05) is 6.92 Å². The first-order chi connectivity index (χ1) is 7.17. The van der Waals surface area contributed by atoms with Crippen molar-refractivity contribution in [3.8, 4) is 0 Å². The Morgan fingerprint density at radius 1 is 1.60 bits per heavy atom. The van der Waals surface area contributed by atoms with E-state index in [1.54, 1.807) is 11.8 Å². The molecule has 2 unspecified atom stereocenters. The van der Waals surface area contributed by atoms with Gasteiger partial charge >= 0.3 is 0 Å². The molecular formula is C11H20N2OS. The molecule has 1 aromatic rings. The molecule has 15 heavy (non-hydrogen) atoms. The Balaban J connectivity index is 2.52. The van der Waals surface area contributed by atoms with Crippen molar-refractivity contribution >= 4 is 11.8 Å². The van der Waals surface area contributed by atoms with Crippen LogP contribution >= 0.6 is 11.8 Å². The Hall–Kier alpha value is -0.480. The molecule has 0 aromatic carbocycles. The van der Waals surface area contributed by atoms with Gasteiger partial charge in [-0.2, -0.15) is 16.9 Å². The minimum Gasteiger partial charge on any atom is -0.392 e. The van der Waals surface area contributed by atoms with Crippen LogP contribution < -0.4 is 0 Å². The van der Waals surface area contributed by atoms with Crippen molar-refractivity contribution in [1.29, 1.82) is 0 Å². The van der Waals surface area contributed by atoms with E-state index in [4.69, 9.17) is 0 Å². The second-order valence-corrected chi connectivity index (χ2v) is 4.77. The molecule has 1 heterocycles. The number of thioether (sulfide) groups is 1. The minimum atomic E-state index is -0.278. The van der Waals surface area contributed by atoms with E-state index in [1.807, 2.05) is 23.2 Å². The van der Waals surface area contributed by atoms with Crippen molar-refractivity contribution in [2.24, 2.45) is 0 Å². The van der Waals surface area contributed by atoms with Gasteiger partial charge in [0.05, 0.1) is 11.8 Å². The molecule has 86 valence electrons. The van der Waals surface area contributed by atoms with Crippen LogP contribution in [0.15, 0.2) is 12.3 Å². The highest BCUT2D eigenvalue weighted by Gasteiger charge is 2.09. The first-order valence-corrected chi connectivity index (χ1v) is 6.77. The highest BCUT2D eigenvalue weighted by Crippen LogP contribution is 2.11. The molecule has 0 amide bonds. The smallest absolute Gasteiger partial charge is 0.0686 e. The van der Waals surface area contributed by atoms with Crippen LogP contribution in [0.5, 0.6) is 0 Å². The summed E-state index contributed by atoms with van der Waals surface area (Å²) in [5.41, 5.74) is 0.983. The monoisotopic (exact) mass is 228 g/mol. The molecule has 0 saturated heterocycles. The van der Waals surface area contributed by atoms with Crippen molar-refractivity contribution in [3.05, 3.63) is 18.0 Å². The SMILES string of the molecule is CCC(C)n1ccc(CC(O)CSC)n1.